The fourth-order valence-electron chi connectivity index (χ4n) is 10.1. The first-order valence-corrected chi connectivity index (χ1v) is 23.9. The van der Waals surface area contributed by atoms with Gasteiger partial charge in [0.2, 0.25) is 5.79 Å². The summed E-state index contributed by atoms with van der Waals surface area (Å²) >= 11 is 0. The van der Waals surface area contributed by atoms with E-state index in [0.717, 1.165) is 12.0 Å². The topological polar surface area (TPSA) is 195 Å². The van der Waals surface area contributed by atoms with Gasteiger partial charge in [0.25, 0.3) is 11.7 Å². The number of aliphatic hydroxyl groups excluding tert-OH is 2. The molecule has 0 aromatic carbocycles. The predicted molar refractivity (Wildman–Crippen MR) is 246 cm³/mol. The van der Waals surface area contributed by atoms with Crippen LogP contribution in [0.2, 0.25) is 0 Å². The third-order valence-corrected chi connectivity index (χ3v) is 14.5. The molecule has 368 valence electrons. The fraction of sp³-hybridized carbons (Fsp3) is 0.745. The molecule has 3 aliphatic heterocycles. The van der Waals surface area contributed by atoms with Crippen molar-refractivity contribution in [2.45, 2.75) is 180 Å². The molecule has 0 unspecified atom stereocenters. The third kappa shape index (κ3) is 15.3. The van der Waals surface area contributed by atoms with E-state index in [0.29, 0.717) is 63.4 Å². The molecule has 4 rings (SSSR count). The first-order chi connectivity index (χ1) is 30.7. The number of carbonyl (C=O) groups is 5. The zero-order valence-corrected chi connectivity index (χ0v) is 43.6. The molecule has 4 aliphatic rings. The van der Waals surface area contributed by atoms with Crippen LogP contribution in [-0.4, -0.2) is 132 Å². The first-order valence-electron chi connectivity index (χ1n) is 23.9. The van der Waals surface area contributed by atoms with Gasteiger partial charge >= 0.3 is 35.5 Å². The van der Waals surface area contributed by atoms with E-state index in [2.05, 4.69) is 0 Å². The number of carbonyl (C=O) groups excluding carboxylic acids is 5. The summed E-state index contributed by atoms with van der Waals surface area (Å²) < 4.78 is 29.4. The van der Waals surface area contributed by atoms with Crippen LogP contribution in [0.3, 0.4) is 0 Å². The number of piperidine rings is 1. The number of Topliss-reactive ketones (excluding diaryl/α,β-unsaturated/α-hetero) is 3. The normalized spacial score (nSPS) is 38.5. The number of cyclic esters (lactones) is 1. The van der Waals surface area contributed by atoms with Crippen LogP contribution < -0.4 is 29.6 Å². The molecule has 2 saturated heterocycles. The molecule has 15 heteroatoms. The molecule has 1 amide bonds. The minimum atomic E-state index is -2.43. The summed E-state index contributed by atoms with van der Waals surface area (Å²) in [5, 5.41) is 33.8. The number of amides is 1. The number of fused-ring (bicyclic) bond motifs is 3. The second-order valence-corrected chi connectivity index (χ2v) is 19.6. The Hall–Kier alpha value is -2.37. The summed E-state index contributed by atoms with van der Waals surface area (Å²) in [6, 6.07) is -1.14. The Balaban J connectivity index is 0.00000771. The Morgan fingerprint density at radius 1 is 0.864 bits per heavy atom. The van der Waals surface area contributed by atoms with Crippen molar-refractivity contribution in [2.75, 3.05) is 27.9 Å². The van der Waals surface area contributed by atoms with Crippen LogP contribution in [-0.2, 0) is 47.7 Å². The maximum absolute atomic E-state index is 14.4. The van der Waals surface area contributed by atoms with Gasteiger partial charge in [-0.15, -0.1) is 0 Å². The van der Waals surface area contributed by atoms with Crippen molar-refractivity contribution in [3.63, 3.8) is 0 Å². The SMILES string of the molecule is CO[C@H]1C[C@@H]2CC[C@@H](C)[C@@](O)(O2)C(=O)C(=O)N2CCCC[C@H]2C(=O)O[C@H]([C@H](C)C[C@@H]2CC[C@@H](O)[C@H](OC)C2)CC(=O)[C@H](C)/C=C(\C)[C@@H](O)[C@@H](OC)C(=O)[C@H](C)C[C@H](C)/C=C/C=CC=C1C.[H-].[Na+]. The van der Waals surface area contributed by atoms with Crippen LogP contribution in [0.25, 0.3) is 0 Å². The van der Waals surface area contributed by atoms with Crippen molar-refractivity contribution >= 4 is 29.2 Å². The van der Waals surface area contributed by atoms with E-state index in [1.54, 1.807) is 41.1 Å². The molecule has 2 bridgehead atoms. The Labute approximate surface area is 417 Å². The first kappa shape index (κ1) is 57.9. The maximum Gasteiger partial charge on any atom is 1.00 e. The Bertz CT molecular complexity index is 1770. The molecule has 66 heavy (non-hydrogen) atoms. The summed E-state index contributed by atoms with van der Waals surface area (Å²) in [5.41, 5.74) is 1.27. The fourth-order valence-corrected chi connectivity index (χ4v) is 10.1. The van der Waals surface area contributed by atoms with Gasteiger partial charge in [0, 0.05) is 58.5 Å². The van der Waals surface area contributed by atoms with Crippen LogP contribution >= 0.6 is 0 Å². The molecule has 1 aliphatic carbocycles. The molecular weight excluding hydrogens is 858 g/mol. The van der Waals surface area contributed by atoms with E-state index in [4.69, 9.17) is 23.7 Å². The van der Waals surface area contributed by atoms with Crippen LogP contribution in [0.5, 0.6) is 0 Å². The molecule has 3 fully saturated rings. The van der Waals surface area contributed by atoms with E-state index >= 15 is 0 Å². The van der Waals surface area contributed by atoms with Crippen molar-refractivity contribution in [2.24, 2.45) is 35.5 Å². The largest absolute Gasteiger partial charge is 1.00 e. The van der Waals surface area contributed by atoms with Crippen molar-refractivity contribution in [1.29, 1.82) is 0 Å². The Morgan fingerprint density at radius 3 is 2.24 bits per heavy atom. The van der Waals surface area contributed by atoms with Crippen LogP contribution in [0.4, 0.5) is 0 Å². The summed E-state index contributed by atoms with van der Waals surface area (Å²) in [5.74, 6) is -7.96. The Kier molecular flexibility index (Phi) is 23.8. The minimum absolute atomic E-state index is 0. The summed E-state index contributed by atoms with van der Waals surface area (Å²) in [7, 11) is 4.52. The molecule has 0 spiro atoms. The number of rotatable bonds is 6. The summed E-state index contributed by atoms with van der Waals surface area (Å²) in [4.78, 5) is 71.8. The average molecular weight is 938 g/mol. The number of esters is 1. The number of methoxy groups -OCH3 is 3. The van der Waals surface area contributed by atoms with Gasteiger partial charge in [0.15, 0.2) is 5.78 Å². The van der Waals surface area contributed by atoms with Crippen molar-refractivity contribution in [3.8, 4) is 0 Å². The maximum atomic E-state index is 14.4. The van der Waals surface area contributed by atoms with E-state index in [9.17, 15) is 39.3 Å². The second-order valence-electron chi connectivity index (χ2n) is 19.6. The van der Waals surface area contributed by atoms with Crippen LogP contribution in [0.15, 0.2) is 47.6 Å². The van der Waals surface area contributed by atoms with Gasteiger partial charge in [-0.05, 0) is 107 Å². The number of hydrogen-bond acceptors (Lipinski definition) is 13. The molecule has 3 heterocycles. The minimum Gasteiger partial charge on any atom is -1.00 e. The van der Waals surface area contributed by atoms with Gasteiger partial charge in [-0.2, -0.15) is 0 Å². The predicted octanol–water partition coefficient (Wildman–Crippen LogP) is 3.30. The van der Waals surface area contributed by atoms with Crippen molar-refractivity contribution < 1.29 is 94.0 Å². The number of ether oxygens (including phenoxy) is 5. The molecule has 0 radical (unpaired) electrons. The second kappa shape index (κ2) is 27.1. The summed E-state index contributed by atoms with van der Waals surface area (Å²) in [6.45, 7) is 12.7. The Morgan fingerprint density at radius 2 is 1.58 bits per heavy atom. The van der Waals surface area contributed by atoms with E-state index in [1.807, 2.05) is 58.1 Å². The van der Waals surface area contributed by atoms with E-state index in [-0.39, 0.29) is 85.8 Å². The van der Waals surface area contributed by atoms with E-state index < -0.39 is 83.9 Å². The number of allylic oxidation sites excluding steroid dienone is 6. The number of ketones is 3. The number of nitrogens with zero attached hydrogens (tertiary/aromatic N) is 1. The monoisotopic (exact) mass is 938 g/mol. The van der Waals surface area contributed by atoms with Crippen LogP contribution in [0, 0.1) is 35.5 Å². The van der Waals surface area contributed by atoms with Gasteiger partial charge in [-0.1, -0.05) is 71.1 Å². The van der Waals surface area contributed by atoms with E-state index in [1.165, 1.54) is 12.0 Å². The number of aliphatic hydroxyl groups is 3. The zero-order valence-electron chi connectivity index (χ0n) is 42.6. The molecule has 1 saturated carbocycles. The van der Waals surface area contributed by atoms with Gasteiger partial charge in [-0.3, -0.25) is 19.2 Å². The van der Waals surface area contributed by atoms with Crippen molar-refractivity contribution in [1.82, 2.24) is 4.90 Å². The molecule has 0 aromatic heterocycles. The molecule has 14 nitrogen and oxygen atoms in total. The van der Waals surface area contributed by atoms with Gasteiger partial charge in [-0.25, -0.2) is 4.79 Å². The third-order valence-electron chi connectivity index (χ3n) is 14.5. The summed E-state index contributed by atoms with van der Waals surface area (Å²) in [6.07, 6.45) is 11.2. The van der Waals surface area contributed by atoms with Crippen molar-refractivity contribution in [3.05, 3.63) is 47.6 Å². The average Bonchev–Trinajstić information content (AvgIpc) is 3.28. The smallest absolute Gasteiger partial charge is 1.00 e. The molecular formula is C51H80NNaO13. The van der Waals surface area contributed by atoms with Gasteiger partial charge in [0.05, 0.1) is 24.4 Å². The molecule has 3 N–H and O–H groups in total. The van der Waals surface area contributed by atoms with Gasteiger partial charge in [0.1, 0.15) is 30.1 Å². The van der Waals surface area contributed by atoms with Crippen LogP contribution in [0.1, 0.15) is 127 Å². The number of hydrogen-bond donors (Lipinski definition) is 3. The molecule has 15 atom stereocenters. The molecule has 0 aromatic rings. The van der Waals surface area contributed by atoms with Gasteiger partial charge < -0.3 is 45.3 Å². The zero-order chi connectivity index (χ0) is 48.2. The standard InChI is InChI=1S/C51H79NO13.Na.H/c1-30-16-12-11-13-17-31(2)42(61-8)28-38-21-19-36(7)51(60,65-38)48(57)49(58)52-23-15-14-18-39(52)50(59)64-43(33(4)26-37-20-22-40(53)44(27-37)62-9)29-41(54)32(3)25-35(6)46(56)47(63-10)45(55)34(5)24-30;;/h11-13,16-17,25,30,32-34,36-40,42-44,46-47,53,56,60H,14-15,18-24,26-29H2,1-10H3;;/q;+1;-1/b13-11?,16-12+,31-17?,35-25+;;/t30-,32-,33-,34-,36-,37+,38+,39+,40-,42+,43+,44-,46-,47+,51-;;/m1../s1. The quantitative estimate of drug-likeness (QED) is 0.152.